The molecule has 1 aliphatic rings. The van der Waals surface area contributed by atoms with Crippen molar-refractivity contribution in [1.82, 2.24) is 21.1 Å². The SMILES string of the molecule is C=CCN(CCCCCNNC1(c2cccc(OCC(F)F)c2)CC1)C(=O)NC. The second kappa shape index (κ2) is 11.7. The summed E-state index contributed by atoms with van der Waals surface area (Å²) in [6, 6.07) is 7.27. The van der Waals surface area contributed by atoms with Crippen molar-refractivity contribution in [3.8, 4) is 5.75 Å². The maximum absolute atomic E-state index is 12.3. The molecule has 0 aliphatic heterocycles. The zero-order chi connectivity index (χ0) is 21.1. The highest BCUT2D eigenvalue weighted by Gasteiger charge is 2.44. The Balaban J connectivity index is 1.67. The second-order valence-electron chi connectivity index (χ2n) is 7.21. The van der Waals surface area contributed by atoms with Crippen LogP contribution < -0.4 is 20.9 Å². The fourth-order valence-corrected chi connectivity index (χ4v) is 3.17. The molecule has 2 amide bonds. The summed E-state index contributed by atoms with van der Waals surface area (Å²) in [5.74, 6) is 0.469. The average Bonchev–Trinajstić information content (AvgIpc) is 3.51. The number of carbonyl (C=O) groups excluding carboxylic acids is 1. The first-order valence-corrected chi connectivity index (χ1v) is 10.1. The zero-order valence-corrected chi connectivity index (χ0v) is 17.1. The maximum atomic E-state index is 12.3. The van der Waals surface area contributed by atoms with E-state index in [9.17, 15) is 13.6 Å². The Morgan fingerprint density at radius 2 is 2.14 bits per heavy atom. The summed E-state index contributed by atoms with van der Waals surface area (Å²) in [4.78, 5) is 13.5. The van der Waals surface area contributed by atoms with Crippen molar-refractivity contribution in [3.63, 3.8) is 0 Å². The van der Waals surface area contributed by atoms with Gasteiger partial charge in [-0.25, -0.2) is 19.0 Å². The number of benzene rings is 1. The first-order chi connectivity index (χ1) is 14.0. The third kappa shape index (κ3) is 7.62. The molecule has 0 spiro atoms. The number of unbranched alkanes of at least 4 members (excludes halogenated alkanes) is 2. The molecule has 1 aliphatic carbocycles. The van der Waals surface area contributed by atoms with Gasteiger partial charge in [0.25, 0.3) is 6.43 Å². The van der Waals surface area contributed by atoms with Gasteiger partial charge in [0.2, 0.25) is 0 Å². The number of ether oxygens (including phenoxy) is 1. The third-order valence-electron chi connectivity index (χ3n) is 4.92. The van der Waals surface area contributed by atoms with Gasteiger partial charge in [-0.2, -0.15) is 0 Å². The molecular formula is C21H32F2N4O2. The van der Waals surface area contributed by atoms with E-state index >= 15 is 0 Å². The lowest BCUT2D eigenvalue weighted by Crippen LogP contribution is -2.41. The van der Waals surface area contributed by atoms with Gasteiger partial charge >= 0.3 is 6.03 Å². The molecule has 0 aromatic heterocycles. The summed E-state index contributed by atoms with van der Waals surface area (Å²) in [6.07, 6.45) is 4.14. The number of hydrogen-bond acceptors (Lipinski definition) is 4. The van der Waals surface area contributed by atoms with Crippen LogP contribution in [0, 0.1) is 0 Å². The van der Waals surface area contributed by atoms with Crippen LogP contribution >= 0.6 is 0 Å². The van der Waals surface area contributed by atoms with Crippen LogP contribution in [0.3, 0.4) is 0 Å². The van der Waals surface area contributed by atoms with Crippen LogP contribution in [0.15, 0.2) is 36.9 Å². The largest absolute Gasteiger partial charge is 0.488 e. The molecule has 162 valence electrons. The lowest BCUT2D eigenvalue weighted by Gasteiger charge is -2.21. The minimum Gasteiger partial charge on any atom is -0.488 e. The number of alkyl halides is 2. The highest BCUT2D eigenvalue weighted by molar-refractivity contribution is 5.73. The van der Waals surface area contributed by atoms with Crippen molar-refractivity contribution in [3.05, 3.63) is 42.5 Å². The van der Waals surface area contributed by atoms with Crippen molar-refractivity contribution < 1.29 is 18.3 Å². The molecule has 1 fully saturated rings. The number of hydrogen-bond donors (Lipinski definition) is 3. The minimum absolute atomic E-state index is 0.0832. The van der Waals surface area contributed by atoms with Gasteiger partial charge in [0.1, 0.15) is 12.4 Å². The van der Waals surface area contributed by atoms with Gasteiger partial charge in [-0.3, -0.25) is 5.43 Å². The van der Waals surface area contributed by atoms with E-state index in [1.54, 1.807) is 24.1 Å². The molecule has 1 saturated carbocycles. The number of urea groups is 1. The van der Waals surface area contributed by atoms with Gasteiger partial charge in [0, 0.05) is 26.7 Å². The van der Waals surface area contributed by atoms with E-state index in [1.807, 2.05) is 18.2 Å². The minimum atomic E-state index is -2.48. The lowest BCUT2D eigenvalue weighted by molar-refractivity contribution is 0.0818. The maximum Gasteiger partial charge on any atom is 0.317 e. The molecule has 3 N–H and O–H groups in total. The fourth-order valence-electron chi connectivity index (χ4n) is 3.17. The van der Waals surface area contributed by atoms with E-state index in [-0.39, 0.29) is 11.6 Å². The van der Waals surface area contributed by atoms with Crippen LogP contribution in [0.4, 0.5) is 13.6 Å². The first kappa shape index (κ1) is 23.1. The van der Waals surface area contributed by atoms with Crippen molar-refractivity contribution in [2.24, 2.45) is 0 Å². The normalized spacial score (nSPS) is 14.5. The molecule has 6 nitrogen and oxygen atoms in total. The molecule has 0 heterocycles. The van der Waals surface area contributed by atoms with E-state index < -0.39 is 13.0 Å². The molecule has 1 aromatic carbocycles. The van der Waals surface area contributed by atoms with E-state index in [0.717, 1.165) is 44.2 Å². The summed E-state index contributed by atoms with van der Waals surface area (Å²) >= 11 is 0. The van der Waals surface area contributed by atoms with Crippen LogP contribution in [0.5, 0.6) is 5.75 Å². The molecule has 29 heavy (non-hydrogen) atoms. The summed E-state index contributed by atoms with van der Waals surface area (Å²) in [7, 11) is 1.63. The molecule has 0 unspecified atom stereocenters. The number of amides is 2. The number of hydrazine groups is 1. The summed E-state index contributed by atoms with van der Waals surface area (Å²) < 4.78 is 29.8. The molecule has 0 atom stereocenters. The highest BCUT2D eigenvalue weighted by Crippen LogP contribution is 2.45. The van der Waals surface area contributed by atoms with Gasteiger partial charge < -0.3 is 15.0 Å². The molecule has 1 aromatic rings. The number of halogens is 2. The summed E-state index contributed by atoms with van der Waals surface area (Å²) in [6.45, 7) is 5.15. The molecular weight excluding hydrogens is 378 g/mol. The molecule has 0 bridgehead atoms. The van der Waals surface area contributed by atoms with Crippen LogP contribution in [-0.4, -0.2) is 50.6 Å². The third-order valence-corrected chi connectivity index (χ3v) is 4.92. The lowest BCUT2D eigenvalue weighted by atomic mass is 10.1. The Morgan fingerprint density at radius 1 is 1.34 bits per heavy atom. The molecule has 0 saturated heterocycles. The second-order valence-corrected chi connectivity index (χ2v) is 7.21. The number of nitrogens with one attached hydrogen (secondary N) is 3. The van der Waals surface area contributed by atoms with Gasteiger partial charge in [-0.1, -0.05) is 24.6 Å². The van der Waals surface area contributed by atoms with E-state index in [4.69, 9.17) is 4.74 Å². The fraction of sp³-hybridized carbons (Fsp3) is 0.571. The van der Waals surface area contributed by atoms with Crippen molar-refractivity contribution in [2.45, 2.75) is 44.1 Å². The Bertz CT molecular complexity index is 653. The smallest absolute Gasteiger partial charge is 0.317 e. The predicted octanol–water partition coefficient (Wildman–Crippen LogP) is 3.41. The van der Waals surface area contributed by atoms with Crippen molar-refractivity contribution in [2.75, 3.05) is 33.3 Å². The van der Waals surface area contributed by atoms with Crippen molar-refractivity contribution in [1.29, 1.82) is 0 Å². The van der Waals surface area contributed by atoms with Crippen LogP contribution in [-0.2, 0) is 5.54 Å². The Kier molecular flexibility index (Phi) is 9.34. The quantitative estimate of drug-likeness (QED) is 0.250. The van der Waals surface area contributed by atoms with E-state index in [1.165, 1.54) is 0 Å². The van der Waals surface area contributed by atoms with E-state index in [0.29, 0.717) is 18.8 Å². The summed E-state index contributed by atoms with van der Waals surface area (Å²) in [5, 5.41) is 2.64. The standard InChI is InChI=1S/C21H32F2N4O2/c1-3-13-27(20(28)24-2)14-6-4-5-12-25-26-21(10-11-21)17-8-7-9-18(15-17)29-16-19(22)23/h3,7-9,15,19,25-26H,1,4-6,10-14,16H2,2H3,(H,24,28). The zero-order valence-electron chi connectivity index (χ0n) is 17.1. The Hall–Kier alpha value is -2.19. The Labute approximate surface area is 171 Å². The predicted molar refractivity (Wildman–Crippen MR) is 110 cm³/mol. The van der Waals surface area contributed by atoms with Crippen LogP contribution in [0.25, 0.3) is 0 Å². The number of rotatable bonds is 14. The number of nitrogens with zero attached hydrogens (tertiary/aromatic N) is 1. The summed E-state index contributed by atoms with van der Waals surface area (Å²) in [5.41, 5.74) is 7.56. The number of carbonyl (C=O) groups is 1. The van der Waals surface area contributed by atoms with Crippen molar-refractivity contribution >= 4 is 6.03 Å². The first-order valence-electron chi connectivity index (χ1n) is 10.1. The van der Waals surface area contributed by atoms with Gasteiger partial charge in [-0.05, 0) is 43.4 Å². The average molecular weight is 411 g/mol. The monoisotopic (exact) mass is 410 g/mol. The van der Waals surface area contributed by atoms with Gasteiger partial charge in [-0.15, -0.1) is 6.58 Å². The topological polar surface area (TPSA) is 65.6 Å². The molecule has 2 rings (SSSR count). The van der Waals surface area contributed by atoms with Crippen LogP contribution in [0.2, 0.25) is 0 Å². The van der Waals surface area contributed by atoms with Gasteiger partial charge in [0.05, 0.1) is 5.54 Å². The van der Waals surface area contributed by atoms with Crippen LogP contribution in [0.1, 0.15) is 37.7 Å². The van der Waals surface area contributed by atoms with Gasteiger partial charge in [0.15, 0.2) is 0 Å². The Morgan fingerprint density at radius 3 is 2.79 bits per heavy atom. The molecule has 0 radical (unpaired) electrons. The highest BCUT2D eigenvalue weighted by atomic mass is 19.3. The molecule has 8 heteroatoms. The van der Waals surface area contributed by atoms with E-state index in [2.05, 4.69) is 22.7 Å².